The van der Waals surface area contributed by atoms with E-state index in [1.54, 1.807) is 6.07 Å². The van der Waals surface area contributed by atoms with Crippen LogP contribution in [0.15, 0.2) is 16.2 Å². The topological polar surface area (TPSA) is 82.5 Å². The molecule has 2 heterocycles. The molecule has 7 heteroatoms. The molecule has 0 amide bonds. The SMILES string of the molecule is Cc1nnc(Sc2cc(N)nc(C(C)(C)C)n2)n1C. The predicted octanol–water partition coefficient (Wildman–Crippen LogP) is 1.94. The van der Waals surface area contributed by atoms with Crippen molar-refractivity contribution in [1.82, 2.24) is 24.7 Å². The number of hydrogen-bond acceptors (Lipinski definition) is 6. The standard InChI is InChI=1S/C12H18N6S/c1-7-16-17-11(18(7)5)19-9-6-8(13)14-10(15-9)12(2,3)4/h6H,1-5H3,(H2,13,14,15). The molecule has 6 nitrogen and oxygen atoms in total. The summed E-state index contributed by atoms with van der Waals surface area (Å²) in [5, 5.41) is 9.70. The van der Waals surface area contributed by atoms with Gasteiger partial charge >= 0.3 is 0 Å². The van der Waals surface area contributed by atoms with Crippen LogP contribution in [-0.2, 0) is 12.5 Å². The average molecular weight is 278 g/mol. The van der Waals surface area contributed by atoms with Gasteiger partial charge in [0.25, 0.3) is 0 Å². The molecular formula is C12H18N6S. The molecule has 2 aromatic heterocycles. The third-order valence-electron chi connectivity index (χ3n) is 2.64. The van der Waals surface area contributed by atoms with Gasteiger partial charge in [0.15, 0.2) is 5.16 Å². The first-order valence-electron chi connectivity index (χ1n) is 5.96. The number of aromatic nitrogens is 5. The summed E-state index contributed by atoms with van der Waals surface area (Å²) in [6.45, 7) is 8.08. The molecular weight excluding hydrogens is 260 g/mol. The molecule has 0 saturated carbocycles. The Kier molecular flexibility index (Phi) is 3.49. The minimum atomic E-state index is -0.138. The van der Waals surface area contributed by atoms with Crippen molar-refractivity contribution < 1.29 is 0 Å². The first-order valence-corrected chi connectivity index (χ1v) is 6.78. The molecule has 2 rings (SSSR count). The van der Waals surface area contributed by atoms with E-state index >= 15 is 0 Å². The molecule has 0 atom stereocenters. The van der Waals surface area contributed by atoms with E-state index < -0.39 is 0 Å². The smallest absolute Gasteiger partial charge is 0.197 e. The Bertz CT molecular complexity index is 599. The largest absolute Gasteiger partial charge is 0.384 e. The third kappa shape index (κ3) is 3.04. The zero-order valence-electron chi connectivity index (χ0n) is 11.8. The van der Waals surface area contributed by atoms with Crippen LogP contribution in [0.4, 0.5) is 5.82 Å². The van der Waals surface area contributed by atoms with Crippen molar-refractivity contribution >= 4 is 17.6 Å². The summed E-state index contributed by atoms with van der Waals surface area (Å²) in [5.41, 5.74) is 5.71. The molecule has 0 spiro atoms. The number of rotatable bonds is 2. The summed E-state index contributed by atoms with van der Waals surface area (Å²) in [4.78, 5) is 8.83. The average Bonchev–Trinajstić information content (AvgIpc) is 2.59. The van der Waals surface area contributed by atoms with Crippen LogP contribution in [0.5, 0.6) is 0 Å². The lowest BCUT2D eigenvalue weighted by Crippen LogP contribution is -2.17. The van der Waals surface area contributed by atoms with E-state index in [4.69, 9.17) is 5.73 Å². The van der Waals surface area contributed by atoms with Gasteiger partial charge in [-0.1, -0.05) is 20.8 Å². The zero-order valence-corrected chi connectivity index (χ0v) is 12.6. The quantitative estimate of drug-likeness (QED) is 0.845. The van der Waals surface area contributed by atoms with Crippen molar-refractivity contribution in [2.24, 2.45) is 7.05 Å². The van der Waals surface area contributed by atoms with Crippen LogP contribution in [0.2, 0.25) is 0 Å². The summed E-state index contributed by atoms with van der Waals surface area (Å²) in [6, 6.07) is 1.75. The number of hydrogen-bond donors (Lipinski definition) is 1. The van der Waals surface area contributed by atoms with Crippen LogP contribution in [-0.4, -0.2) is 24.7 Å². The maximum Gasteiger partial charge on any atom is 0.197 e. The molecule has 19 heavy (non-hydrogen) atoms. The summed E-state index contributed by atoms with van der Waals surface area (Å²) in [7, 11) is 1.92. The fourth-order valence-electron chi connectivity index (χ4n) is 1.40. The highest BCUT2D eigenvalue weighted by Crippen LogP contribution is 2.28. The van der Waals surface area contributed by atoms with E-state index in [0.717, 1.165) is 21.8 Å². The molecule has 102 valence electrons. The van der Waals surface area contributed by atoms with Crippen molar-refractivity contribution in [2.75, 3.05) is 5.73 Å². The van der Waals surface area contributed by atoms with Gasteiger partial charge in [0.2, 0.25) is 0 Å². The fraction of sp³-hybridized carbons (Fsp3) is 0.500. The number of nitrogens with two attached hydrogens (primary N) is 1. The lowest BCUT2D eigenvalue weighted by atomic mass is 9.96. The molecule has 0 radical (unpaired) electrons. The van der Waals surface area contributed by atoms with Gasteiger partial charge in [0, 0.05) is 18.5 Å². The van der Waals surface area contributed by atoms with E-state index in [-0.39, 0.29) is 5.41 Å². The molecule has 2 aromatic rings. The second-order valence-corrected chi connectivity index (χ2v) is 6.38. The van der Waals surface area contributed by atoms with Crippen LogP contribution in [0.3, 0.4) is 0 Å². The van der Waals surface area contributed by atoms with Crippen LogP contribution in [0.25, 0.3) is 0 Å². The van der Waals surface area contributed by atoms with Crippen molar-refractivity contribution in [1.29, 1.82) is 0 Å². The number of nitrogen functional groups attached to an aromatic ring is 1. The van der Waals surface area contributed by atoms with Crippen LogP contribution in [0.1, 0.15) is 32.4 Å². The lowest BCUT2D eigenvalue weighted by molar-refractivity contribution is 0.539. The van der Waals surface area contributed by atoms with Gasteiger partial charge in [-0.15, -0.1) is 10.2 Å². The Morgan fingerprint density at radius 1 is 1.21 bits per heavy atom. The molecule has 0 aromatic carbocycles. The molecule has 0 aliphatic heterocycles. The van der Waals surface area contributed by atoms with E-state index in [9.17, 15) is 0 Å². The summed E-state index contributed by atoms with van der Waals surface area (Å²) in [6.07, 6.45) is 0. The Morgan fingerprint density at radius 2 is 1.89 bits per heavy atom. The van der Waals surface area contributed by atoms with E-state index in [1.165, 1.54) is 11.8 Å². The highest BCUT2D eigenvalue weighted by atomic mass is 32.2. The van der Waals surface area contributed by atoms with Gasteiger partial charge < -0.3 is 10.3 Å². The maximum absolute atomic E-state index is 5.85. The van der Waals surface area contributed by atoms with Crippen molar-refractivity contribution in [2.45, 2.75) is 43.3 Å². The molecule has 0 saturated heterocycles. The predicted molar refractivity (Wildman–Crippen MR) is 75.0 cm³/mol. The third-order valence-corrected chi connectivity index (χ3v) is 3.60. The minimum absolute atomic E-state index is 0.138. The van der Waals surface area contributed by atoms with Crippen LogP contribution in [0, 0.1) is 6.92 Å². The first kappa shape index (κ1) is 13.8. The minimum Gasteiger partial charge on any atom is -0.384 e. The van der Waals surface area contributed by atoms with Gasteiger partial charge in [-0.3, -0.25) is 0 Å². The lowest BCUT2D eigenvalue weighted by Gasteiger charge is -2.17. The molecule has 0 fully saturated rings. The van der Waals surface area contributed by atoms with Crippen LogP contribution >= 0.6 is 11.8 Å². The van der Waals surface area contributed by atoms with Crippen molar-refractivity contribution in [3.8, 4) is 0 Å². The van der Waals surface area contributed by atoms with E-state index in [2.05, 4.69) is 40.9 Å². The van der Waals surface area contributed by atoms with E-state index in [0.29, 0.717) is 5.82 Å². The Labute approximate surface area is 116 Å². The summed E-state index contributed by atoms with van der Waals surface area (Å²) < 4.78 is 1.92. The summed E-state index contributed by atoms with van der Waals surface area (Å²) >= 11 is 1.44. The maximum atomic E-state index is 5.85. The second kappa shape index (κ2) is 4.80. The number of anilines is 1. The van der Waals surface area contributed by atoms with Crippen molar-refractivity contribution in [3.05, 3.63) is 17.7 Å². The fourth-order valence-corrected chi connectivity index (χ4v) is 2.25. The van der Waals surface area contributed by atoms with Gasteiger partial charge in [-0.2, -0.15) is 0 Å². The second-order valence-electron chi connectivity index (χ2n) is 5.40. The number of aryl methyl sites for hydroxylation is 1. The highest BCUT2D eigenvalue weighted by molar-refractivity contribution is 7.99. The monoisotopic (exact) mass is 278 g/mol. The highest BCUT2D eigenvalue weighted by Gasteiger charge is 2.19. The zero-order chi connectivity index (χ0) is 14.2. The van der Waals surface area contributed by atoms with Crippen molar-refractivity contribution in [3.63, 3.8) is 0 Å². The van der Waals surface area contributed by atoms with Gasteiger partial charge in [-0.05, 0) is 18.7 Å². The molecule has 0 aliphatic carbocycles. The Hall–Kier alpha value is -1.63. The normalized spacial score (nSPS) is 11.8. The van der Waals surface area contributed by atoms with Gasteiger partial charge in [0.1, 0.15) is 22.5 Å². The van der Waals surface area contributed by atoms with E-state index in [1.807, 2.05) is 18.5 Å². The first-order chi connectivity index (χ1) is 8.77. The Balaban J connectivity index is 2.36. The molecule has 0 unspecified atom stereocenters. The Morgan fingerprint density at radius 3 is 2.42 bits per heavy atom. The van der Waals surface area contributed by atoms with Gasteiger partial charge in [0.05, 0.1) is 0 Å². The number of nitrogens with zero attached hydrogens (tertiary/aromatic N) is 5. The molecule has 2 N–H and O–H groups in total. The molecule has 0 bridgehead atoms. The van der Waals surface area contributed by atoms with Crippen LogP contribution < -0.4 is 5.73 Å². The summed E-state index contributed by atoms with van der Waals surface area (Å²) in [5.74, 6) is 2.07. The van der Waals surface area contributed by atoms with Gasteiger partial charge in [-0.25, -0.2) is 9.97 Å². The molecule has 0 aliphatic rings.